The van der Waals surface area contributed by atoms with Gasteiger partial charge in [0.05, 0.1) is 24.6 Å². The molecule has 7 nitrogen and oxygen atoms in total. The molecule has 2 amide bonds. The summed E-state index contributed by atoms with van der Waals surface area (Å²) in [6, 6.07) is 15.3. The first-order chi connectivity index (χ1) is 15.1. The number of carbonyl (C=O) groups excluding carboxylic acids is 2. The van der Waals surface area contributed by atoms with E-state index in [4.69, 9.17) is 9.72 Å². The number of benzene rings is 2. The molecule has 2 heterocycles. The molecule has 7 heteroatoms. The Labute approximate surface area is 182 Å². The van der Waals surface area contributed by atoms with Crippen LogP contribution >= 0.6 is 0 Å². The zero-order chi connectivity index (χ0) is 21.6. The van der Waals surface area contributed by atoms with Crippen LogP contribution in [0.3, 0.4) is 0 Å². The summed E-state index contributed by atoms with van der Waals surface area (Å²) in [6.45, 7) is 2.43. The number of aromatic nitrogens is 2. The molecule has 3 aromatic rings. The topological polar surface area (TPSA) is 76.5 Å². The van der Waals surface area contributed by atoms with E-state index in [1.165, 1.54) is 0 Å². The van der Waals surface area contributed by atoms with Crippen LogP contribution in [0, 0.1) is 0 Å². The summed E-state index contributed by atoms with van der Waals surface area (Å²) in [5.74, 6) is 1.68. The number of nitrogens with one attached hydrogen (secondary N) is 1. The summed E-state index contributed by atoms with van der Waals surface area (Å²) < 4.78 is 7.14. The molecule has 0 bridgehead atoms. The quantitative estimate of drug-likeness (QED) is 0.608. The lowest BCUT2D eigenvalue weighted by Crippen LogP contribution is -2.32. The monoisotopic (exact) mass is 420 g/mol. The number of methoxy groups -OCH3 is 1. The van der Waals surface area contributed by atoms with Crippen molar-refractivity contribution in [2.75, 3.05) is 26.7 Å². The van der Waals surface area contributed by atoms with Crippen molar-refractivity contribution in [3.63, 3.8) is 0 Å². The highest BCUT2D eigenvalue weighted by Crippen LogP contribution is 2.18. The Hall–Kier alpha value is -3.35. The number of ether oxygens (including phenoxy) is 1. The highest BCUT2D eigenvalue weighted by atomic mass is 16.5. The number of likely N-dealkylation sites (tertiary alicyclic amines) is 1. The average molecular weight is 421 g/mol. The van der Waals surface area contributed by atoms with Gasteiger partial charge in [-0.05, 0) is 42.7 Å². The van der Waals surface area contributed by atoms with E-state index in [0.29, 0.717) is 19.4 Å². The van der Waals surface area contributed by atoms with Crippen molar-refractivity contribution >= 4 is 22.8 Å². The molecule has 31 heavy (non-hydrogen) atoms. The van der Waals surface area contributed by atoms with Gasteiger partial charge in [-0.1, -0.05) is 24.3 Å². The van der Waals surface area contributed by atoms with Gasteiger partial charge in [-0.3, -0.25) is 9.59 Å². The van der Waals surface area contributed by atoms with E-state index in [1.54, 1.807) is 7.11 Å². The maximum absolute atomic E-state index is 12.7. The largest absolute Gasteiger partial charge is 0.497 e. The van der Waals surface area contributed by atoms with Crippen LogP contribution in [0.4, 0.5) is 0 Å². The number of para-hydroxylation sites is 2. The molecule has 2 aromatic carbocycles. The maximum Gasteiger partial charge on any atom is 0.242 e. The molecule has 0 saturated carbocycles. The summed E-state index contributed by atoms with van der Waals surface area (Å²) in [5.41, 5.74) is 2.76. The molecule has 1 saturated heterocycles. The minimum Gasteiger partial charge on any atom is -0.497 e. The molecule has 0 atom stereocenters. The third kappa shape index (κ3) is 5.05. The Balaban J connectivity index is 1.39. The van der Waals surface area contributed by atoms with E-state index in [2.05, 4.69) is 5.32 Å². The first-order valence-electron chi connectivity index (χ1n) is 10.8. The molecular weight excluding hydrogens is 392 g/mol. The number of imidazole rings is 1. The van der Waals surface area contributed by atoms with Crippen molar-refractivity contribution in [3.05, 3.63) is 59.9 Å². The summed E-state index contributed by atoms with van der Waals surface area (Å²) >= 11 is 0. The van der Waals surface area contributed by atoms with E-state index in [0.717, 1.165) is 54.1 Å². The molecule has 1 fully saturated rings. The highest BCUT2D eigenvalue weighted by Gasteiger charge is 2.20. The van der Waals surface area contributed by atoms with Gasteiger partial charge in [0, 0.05) is 26.1 Å². The number of fused-ring (bicyclic) bond motifs is 1. The normalized spacial score (nSPS) is 13.5. The number of amides is 2. The first-order valence-corrected chi connectivity index (χ1v) is 10.8. The second-order valence-corrected chi connectivity index (χ2v) is 7.82. The summed E-state index contributed by atoms with van der Waals surface area (Å²) in [5, 5.41) is 2.97. The minimum atomic E-state index is -0.0408. The lowest BCUT2D eigenvalue weighted by atomic mass is 10.1. The van der Waals surface area contributed by atoms with Gasteiger partial charge in [-0.15, -0.1) is 0 Å². The molecule has 0 radical (unpaired) electrons. The van der Waals surface area contributed by atoms with Crippen molar-refractivity contribution in [1.82, 2.24) is 19.8 Å². The van der Waals surface area contributed by atoms with Crippen molar-refractivity contribution in [1.29, 1.82) is 0 Å². The third-order valence-corrected chi connectivity index (χ3v) is 5.68. The lowest BCUT2D eigenvalue weighted by Gasteiger charge is -2.17. The van der Waals surface area contributed by atoms with Crippen LogP contribution in [-0.2, 0) is 29.0 Å². The van der Waals surface area contributed by atoms with Gasteiger partial charge < -0.3 is 19.5 Å². The molecule has 1 N–H and O–H groups in total. The van der Waals surface area contributed by atoms with E-state index in [9.17, 15) is 9.59 Å². The molecule has 0 spiro atoms. The summed E-state index contributed by atoms with van der Waals surface area (Å²) in [7, 11) is 1.62. The summed E-state index contributed by atoms with van der Waals surface area (Å²) in [4.78, 5) is 31.7. The minimum absolute atomic E-state index is 0.0408. The Morgan fingerprint density at radius 1 is 1.06 bits per heavy atom. The van der Waals surface area contributed by atoms with Crippen LogP contribution in [0.25, 0.3) is 11.0 Å². The SMILES string of the molecule is COc1ccc(CC(=O)NCCc2nc3ccccc3n2CC(=O)N2CCCC2)cc1. The summed E-state index contributed by atoms with van der Waals surface area (Å²) in [6.07, 6.45) is 3.02. The number of carbonyl (C=O) groups is 2. The van der Waals surface area contributed by atoms with Crippen LogP contribution in [0.5, 0.6) is 5.75 Å². The van der Waals surface area contributed by atoms with Crippen LogP contribution in [0.2, 0.25) is 0 Å². The van der Waals surface area contributed by atoms with Crippen LogP contribution < -0.4 is 10.1 Å². The van der Waals surface area contributed by atoms with Crippen LogP contribution in [0.15, 0.2) is 48.5 Å². The third-order valence-electron chi connectivity index (χ3n) is 5.68. The average Bonchev–Trinajstić information content (AvgIpc) is 3.43. The highest BCUT2D eigenvalue weighted by molar-refractivity contribution is 5.81. The zero-order valence-electron chi connectivity index (χ0n) is 17.8. The Morgan fingerprint density at radius 3 is 2.55 bits per heavy atom. The molecule has 0 aliphatic carbocycles. The van der Waals surface area contributed by atoms with Crippen molar-refractivity contribution in [2.24, 2.45) is 0 Å². The van der Waals surface area contributed by atoms with Gasteiger partial charge in [0.15, 0.2) is 0 Å². The van der Waals surface area contributed by atoms with Crippen molar-refractivity contribution < 1.29 is 14.3 Å². The first kappa shape index (κ1) is 20.9. The van der Waals surface area contributed by atoms with Crippen molar-refractivity contribution in [2.45, 2.75) is 32.2 Å². The van der Waals surface area contributed by atoms with Crippen LogP contribution in [-0.4, -0.2) is 53.0 Å². The van der Waals surface area contributed by atoms with Crippen LogP contribution in [0.1, 0.15) is 24.2 Å². The standard InChI is InChI=1S/C24H28N4O3/c1-31-19-10-8-18(9-11-19)16-23(29)25-13-12-22-26-20-6-2-3-7-21(20)28(22)17-24(30)27-14-4-5-15-27/h2-3,6-11H,4-5,12-17H2,1H3,(H,25,29). The van der Waals surface area contributed by atoms with E-state index < -0.39 is 0 Å². The fourth-order valence-corrected chi connectivity index (χ4v) is 4.00. The Kier molecular flexibility index (Phi) is 6.50. The van der Waals surface area contributed by atoms with Gasteiger partial charge in [0.1, 0.15) is 18.1 Å². The van der Waals surface area contributed by atoms with Gasteiger partial charge >= 0.3 is 0 Å². The van der Waals surface area contributed by atoms with Gasteiger partial charge in [-0.25, -0.2) is 4.98 Å². The number of rotatable bonds is 8. The van der Waals surface area contributed by atoms with Crippen molar-refractivity contribution in [3.8, 4) is 5.75 Å². The van der Waals surface area contributed by atoms with Gasteiger partial charge in [-0.2, -0.15) is 0 Å². The predicted molar refractivity (Wildman–Crippen MR) is 119 cm³/mol. The van der Waals surface area contributed by atoms with Gasteiger partial charge in [0.25, 0.3) is 0 Å². The fourth-order valence-electron chi connectivity index (χ4n) is 4.00. The molecule has 4 rings (SSSR count). The number of nitrogens with zero attached hydrogens (tertiary/aromatic N) is 3. The zero-order valence-corrected chi connectivity index (χ0v) is 17.8. The van der Waals surface area contributed by atoms with E-state index >= 15 is 0 Å². The Bertz CT molecular complexity index is 1050. The fraction of sp³-hybridized carbons (Fsp3) is 0.375. The lowest BCUT2D eigenvalue weighted by molar-refractivity contribution is -0.130. The number of hydrogen-bond acceptors (Lipinski definition) is 4. The number of hydrogen-bond donors (Lipinski definition) is 1. The molecule has 1 aromatic heterocycles. The smallest absolute Gasteiger partial charge is 0.242 e. The second-order valence-electron chi connectivity index (χ2n) is 7.82. The molecule has 1 aliphatic rings. The molecule has 1 aliphatic heterocycles. The maximum atomic E-state index is 12.7. The molecular formula is C24H28N4O3. The van der Waals surface area contributed by atoms with E-state index in [1.807, 2.05) is 58.0 Å². The molecule has 162 valence electrons. The molecule has 0 unspecified atom stereocenters. The van der Waals surface area contributed by atoms with Gasteiger partial charge in [0.2, 0.25) is 11.8 Å². The predicted octanol–water partition coefficient (Wildman–Crippen LogP) is 2.57. The second kappa shape index (κ2) is 9.64. The Morgan fingerprint density at radius 2 is 1.81 bits per heavy atom. The van der Waals surface area contributed by atoms with E-state index in [-0.39, 0.29) is 18.4 Å².